The van der Waals surface area contributed by atoms with Gasteiger partial charge in [0.05, 0.1) is 5.56 Å². The Bertz CT molecular complexity index is 1470. The molecule has 0 spiro atoms. The fourth-order valence-electron chi connectivity index (χ4n) is 5.04. The molecule has 2 aliphatic heterocycles. The number of Topliss-reactive ketones (excluding diaryl/α,β-unsaturated/α-hetero) is 1. The first-order valence-corrected chi connectivity index (χ1v) is 14.1. The van der Waals surface area contributed by atoms with Crippen LogP contribution in [0.5, 0.6) is 23.0 Å². The van der Waals surface area contributed by atoms with Crippen LogP contribution < -0.4 is 14.2 Å². The third kappa shape index (κ3) is 8.01. The molecule has 2 aliphatic rings. The van der Waals surface area contributed by atoms with Gasteiger partial charge in [-0.2, -0.15) is 0 Å². The predicted molar refractivity (Wildman–Crippen MR) is 151 cm³/mol. The molecule has 0 saturated carbocycles. The molecule has 0 radical (unpaired) electrons. The normalized spacial score (nSPS) is 21.8. The average Bonchev–Trinajstić information content (AvgIpc) is 3.42. The van der Waals surface area contributed by atoms with Gasteiger partial charge in [0.25, 0.3) is 0 Å². The summed E-state index contributed by atoms with van der Waals surface area (Å²) in [7, 11) is 0. The van der Waals surface area contributed by atoms with Gasteiger partial charge in [0.2, 0.25) is 19.2 Å². The SMILES string of the molecule is CCc1c(O[C@@H]2O[C@H](COC(C)=O)[C@H](OC(C)=O)[C@H](OC(C)=O)[C@H]2OC(C)=O)ccc(C(=O)Cc2ccc3c(c2)OCO3)c1O. The van der Waals surface area contributed by atoms with E-state index in [2.05, 4.69) is 0 Å². The zero-order valence-electron chi connectivity index (χ0n) is 25.4. The van der Waals surface area contributed by atoms with Gasteiger partial charge in [0, 0.05) is 39.7 Å². The number of esters is 4. The van der Waals surface area contributed by atoms with Gasteiger partial charge in [-0.1, -0.05) is 13.0 Å². The Balaban J connectivity index is 1.65. The number of hydrogen-bond donors (Lipinski definition) is 1. The van der Waals surface area contributed by atoms with Crippen molar-refractivity contribution in [1.82, 2.24) is 0 Å². The van der Waals surface area contributed by atoms with E-state index < -0.39 is 61.2 Å². The molecule has 0 aliphatic carbocycles. The number of phenolic OH excluding ortho intramolecular Hbond substituents is 1. The minimum atomic E-state index is -1.51. The second kappa shape index (κ2) is 14.3. The largest absolute Gasteiger partial charge is 0.507 e. The van der Waals surface area contributed by atoms with Crippen LogP contribution in [0.25, 0.3) is 0 Å². The van der Waals surface area contributed by atoms with Gasteiger partial charge in [-0.25, -0.2) is 0 Å². The number of ketones is 1. The number of benzene rings is 2. The fraction of sp³-hybridized carbons (Fsp3) is 0.452. The van der Waals surface area contributed by atoms with Crippen molar-refractivity contribution in [3.63, 3.8) is 0 Å². The zero-order valence-corrected chi connectivity index (χ0v) is 25.4. The Kier molecular flexibility index (Phi) is 10.5. The van der Waals surface area contributed by atoms with Gasteiger partial charge < -0.3 is 43.0 Å². The zero-order chi connectivity index (χ0) is 32.8. The molecule has 1 N–H and O–H groups in total. The molecule has 14 nitrogen and oxygen atoms in total. The summed E-state index contributed by atoms with van der Waals surface area (Å²) in [4.78, 5) is 61.0. The van der Waals surface area contributed by atoms with Crippen LogP contribution in [0.1, 0.15) is 56.1 Å². The highest BCUT2D eigenvalue weighted by molar-refractivity contribution is 6.00. The van der Waals surface area contributed by atoms with E-state index in [4.69, 9.17) is 37.9 Å². The quantitative estimate of drug-likeness (QED) is 0.217. The van der Waals surface area contributed by atoms with Crippen LogP contribution >= 0.6 is 0 Å². The Hall–Kier alpha value is -4.85. The molecule has 0 amide bonds. The van der Waals surface area contributed by atoms with E-state index >= 15 is 0 Å². The van der Waals surface area contributed by atoms with E-state index in [-0.39, 0.29) is 48.0 Å². The second-order valence-electron chi connectivity index (χ2n) is 10.3. The number of phenols is 1. The Morgan fingerprint density at radius 1 is 0.822 bits per heavy atom. The molecule has 5 atom stereocenters. The van der Waals surface area contributed by atoms with Gasteiger partial charge in [0.15, 0.2) is 29.5 Å². The third-order valence-electron chi connectivity index (χ3n) is 6.89. The molecule has 1 fully saturated rings. The first kappa shape index (κ1) is 33.1. The molecular formula is C31H34O14. The van der Waals surface area contributed by atoms with Crippen LogP contribution in [0.3, 0.4) is 0 Å². The highest BCUT2D eigenvalue weighted by Crippen LogP contribution is 2.37. The van der Waals surface area contributed by atoms with Gasteiger partial charge in [-0.05, 0) is 36.2 Å². The lowest BCUT2D eigenvalue weighted by atomic mass is 9.97. The van der Waals surface area contributed by atoms with Crippen molar-refractivity contribution in [3.05, 3.63) is 47.0 Å². The Morgan fingerprint density at radius 2 is 1.47 bits per heavy atom. The number of ether oxygens (including phenoxy) is 8. The Labute approximate surface area is 258 Å². The van der Waals surface area contributed by atoms with Gasteiger partial charge in [-0.3, -0.25) is 24.0 Å². The summed E-state index contributed by atoms with van der Waals surface area (Å²) in [5.74, 6) is -2.56. The molecule has 45 heavy (non-hydrogen) atoms. The molecule has 1 saturated heterocycles. The summed E-state index contributed by atoms with van der Waals surface area (Å²) in [6.07, 6.45) is -6.82. The number of hydrogen-bond acceptors (Lipinski definition) is 14. The number of carbonyl (C=O) groups excluding carboxylic acids is 5. The molecule has 0 unspecified atom stereocenters. The molecule has 2 heterocycles. The topological polar surface area (TPSA) is 179 Å². The summed E-state index contributed by atoms with van der Waals surface area (Å²) >= 11 is 0. The van der Waals surface area contributed by atoms with Crippen molar-refractivity contribution in [2.24, 2.45) is 0 Å². The molecule has 242 valence electrons. The minimum Gasteiger partial charge on any atom is -0.507 e. The third-order valence-corrected chi connectivity index (χ3v) is 6.89. The maximum Gasteiger partial charge on any atom is 0.303 e. The van der Waals surface area contributed by atoms with Crippen molar-refractivity contribution in [3.8, 4) is 23.0 Å². The van der Waals surface area contributed by atoms with Crippen molar-refractivity contribution in [2.45, 2.75) is 78.2 Å². The molecule has 0 bridgehead atoms. The fourth-order valence-corrected chi connectivity index (χ4v) is 5.04. The van der Waals surface area contributed by atoms with Crippen LogP contribution in [0.4, 0.5) is 0 Å². The van der Waals surface area contributed by atoms with Crippen LogP contribution in [0.2, 0.25) is 0 Å². The average molecular weight is 631 g/mol. The highest BCUT2D eigenvalue weighted by atomic mass is 16.7. The Morgan fingerprint density at radius 3 is 2.11 bits per heavy atom. The van der Waals surface area contributed by atoms with Crippen LogP contribution in [-0.2, 0) is 55.7 Å². The molecular weight excluding hydrogens is 596 g/mol. The van der Waals surface area contributed by atoms with Crippen LogP contribution in [-0.4, -0.2) is 78.9 Å². The highest BCUT2D eigenvalue weighted by Gasteiger charge is 2.53. The minimum absolute atomic E-state index is 0.0345. The summed E-state index contributed by atoms with van der Waals surface area (Å²) in [5, 5.41) is 11.2. The second-order valence-corrected chi connectivity index (χ2v) is 10.3. The number of rotatable bonds is 11. The predicted octanol–water partition coefficient (Wildman–Crippen LogP) is 2.57. The number of aromatic hydroxyl groups is 1. The number of fused-ring (bicyclic) bond motifs is 1. The molecule has 14 heteroatoms. The van der Waals surface area contributed by atoms with E-state index in [1.54, 1.807) is 25.1 Å². The van der Waals surface area contributed by atoms with E-state index in [1.165, 1.54) is 12.1 Å². The first-order valence-electron chi connectivity index (χ1n) is 14.1. The molecule has 2 aromatic rings. The lowest BCUT2D eigenvalue weighted by molar-refractivity contribution is -0.288. The number of carbonyl (C=O) groups is 5. The lowest BCUT2D eigenvalue weighted by Crippen LogP contribution is -2.63. The van der Waals surface area contributed by atoms with Crippen LogP contribution in [0, 0.1) is 0 Å². The monoisotopic (exact) mass is 630 g/mol. The van der Waals surface area contributed by atoms with Crippen molar-refractivity contribution in [1.29, 1.82) is 0 Å². The summed E-state index contributed by atoms with van der Waals surface area (Å²) in [5.41, 5.74) is 0.928. The van der Waals surface area contributed by atoms with E-state index in [1.807, 2.05) is 0 Å². The van der Waals surface area contributed by atoms with Crippen molar-refractivity contribution in [2.75, 3.05) is 13.4 Å². The molecule has 2 aromatic carbocycles. The van der Waals surface area contributed by atoms with Gasteiger partial charge in [0.1, 0.15) is 24.2 Å². The van der Waals surface area contributed by atoms with Gasteiger partial charge in [-0.15, -0.1) is 0 Å². The van der Waals surface area contributed by atoms with E-state index in [0.717, 1.165) is 27.7 Å². The first-order chi connectivity index (χ1) is 21.4. The molecule has 4 rings (SSSR count). The van der Waals surface area contributed by atoms with E-state index in [0.29, 0.717) is 17.1 Å². The maximum atomic E-state index is 13.2. The van der Waals surface area contributed by atoms with Gasteiger partial charge >= 0.3 is 23.9 Å². The summed E-state index contributed by atoms with van der Waals surface area (Å²) in [6, 6.07) is 7.95. The summed E-state index contributed by atoms with van der Waals surface area (Å²) < 4.78 is 44.1. The van der Waals surface area contributed by atoms with Crippen molar-refractivity contribution < 1.29 is 67.0 Å². The van der Waals surface area contributed by atoms with E-state index in [9.17, 15) is 29.1 Å². The van der Waals surface area contributed by atoms with Crippen LogP contribution in [0.15, 0.2) is 30.3 Å². The lowest BCUT2D eigenvalue weighted by Gasteiger charge is -2.44. The maximum absolute atomic E-state index is 13.2. The standard InChI is InChI=1S/C31H34O14/c1-6-20-23(10-8-21(27(20)37)22(36)11-19-7-9-24-25(12-19)40-14-39-24)44-31-30(43-18(5)35)29(42-17(4)34)28(41-16(3)33)26(45-31)13-38-15(2)32/h7-10,12,26,28-31,37H,6,11,13-14H2,1-5H3/t26-,28+,29+,30-,31-/m1/s1. The molecule has 0 aromatic heterocycles. The smallest absolute Gasteiger partial charge is 0.303 e. The van der Waals surface area contributed by atoms with Crippen molar-refractivity contribution >= 4 is 29.7 Å². The summed E-state index contributed by atoms with van der Waals surface area (Å²) in [6.45, 7) is 5.87.